The van der Waals surface area contributed by atoms with E-state index in [1.165, 1.54) is 65.9 Å². The third-order valence-electron chi connectivity index (χ3n) is 12.8. The van der Waals surface area contributed by atoms with Gasteiger partial charge in [0.2, 0.25) is 0 Å². The van der Waals surface area contributed by atoms with E-state index in [2.05, 4.69) is 161 Å². The number of hydrogen-bond acceptors (Lipinski definition) is 0. The van der Waals surface area contributed by atoms with Gasteiger partial charge >= 0.3 is 0 Å². The molecule has 0 heteroatoms. The zero-order valence-electron chi connectivity index (χ0n) is 30.3. The molecule has 0 spiro atoms. The summed E-state index contributed by atoms with van der Waals surface area (Å²) in [6.07, 6.45) is 0. The lowest BCUT2D eigenvalue weighted by atomic mass is 9.40. The largest absolute Gasteiger partial charge is 0.0616 e. The highest BCUT2D eigenvalue weighted by atomic mass is 14.6. The van der Waals surface area contributed by atoms with Gasteiger partial charge in [-0.2, -0.15) is 0 Å². The van der Waals surface area contributed by atoms with Gasteiger partial charge in [-0.3, -0.25) is 0 Å². The molecular formula is C47H50. The van der Waals surface area contributed by atoms with Gasteiger partial charge in [0.1, 0.15) is 0 Å². The highest BCUT2D eigenvalue weighted by molar-refractivity contribution is 6.08. The molecule has 47 heavy (non-hydrogen) atoms. The first-order valence-electron chi connectivity index (χ1n) is 17.8. The summed E-state index contributed by atoms with van der Waals surface area (Å²) in [7, 11) is 0. The second kappa shape index (κ2) is 9.82. The van der Waals surface area contributed by atoms with Gasteiger partial charge < -0.3 is 0 Å². The standard InChI is InChI=1S/C47H50/c1-26-20-30-16-12-14-18-32(30)22-35(26)39-29(4)43-42-41-37(24-34(25-38(39)41)45(5,6)7)28(3)40(44(42)47(43,11)46(8,9)10)36-23-33-19-15-13-17-31(33)21-27(36)2/h12-25,28,40,44H,1-11H3/t28?,40?,44?,47-/m0/s1. The SMILES string of the molecule is Cc1cc2ccccc2cc1-c1c(C)c2c3c4c(cc(C(C)(C)C)cc14)C(C)C(c1cc4ccccc4cc1C)C3[C@@]2(C)C(C)(C)C. The van der Waals surface area contributed by atoms with E-state index < -0.39 is 0 Å². The monoisotopic (exact) mass is 614 g/mol. The summed E-state index contributed by atoms with van der Waals surface area (Å²) >= 11 is 0. The van der Waals surface area contributed by atoms with Crippen LogP contribution in [0, 0.1) is 26.2 Å². The molecule has 6 aromatic carbocycles. The molecule has 6 aromatic rings. The summed E-state index contributed by atoms with van der Waals surface area (Å²) in [5.41, 5.74) is 15.1. The minimum absolute atomic E-state index is 0.0253. The second-order valence-electron chi connectivity index (χ2n) is 17.3. The van der Waals surface area contributed by atoms with Gasteiger partial charge in [-0.25, -0.2) is 0 Å². The number of hydrogen-bond donors (Lipinski definition) is 0. The maximum Gasteiger partial charge on any atom is 0.00541 e. The fourth-order valence-corrected chi connectivity index (χ4v) is 9.97. The van der Waals surface area contributed by atoms with E-state index in [0.29, 0.717) is 17.8 Å². The molecule has 0 N–H and O–H groups in total. The van der Waals surface area contributed by atoms with Crippen LogP contribution in [-0.4, -0.2) is 0 Å². The Balaban J connectivity index is 1.52. The van der Waals surface area contributed by atoms with Crippen molar-refractivity contribution in [1.29, 1.82) is 0 Å². The van der Waals surface area contributed by atoms with E-state index in [1.807, 2.05) is 0 Å². The van der Waals surface area contributed by atoms with E-state index in [0.717, 1.165) is 0 Å². The maximum atomic E-state index is 2.61. The van der Waals surface area contributed by atoms with Gasteiger partial charge in [0, 0.05) is 11.3 Å². The van der Waals surface area contributed by atoms with E-state index in [4.69, 9.17) is 0 Å². The maximum absolute atomic E-state index is 2.61. The zero-order valence-corrected chi connectivity index (χ0v) is 30.3. The molecule has 2 aliphatic rings. The van der Waals surface area contributed by atoms with Crippen molar-refractivity contribution in [3.63, 3.8) is 0 Å². The van der Waals surface area contributed by atoms with Gasteiger partial charge in [-0.15, -0.1) is 0 Å². The average molecular weight is 615 g/mol. The molecule has 0 saturated heterocycles. The Hall–Kier alpha value is -3.90. The van der Waals surface area contributed by atoms with Gasteiger partial charge in [-0.05, 0) is 144 Å². The first-order chi connectivity index (χ1) is 22.1. The molecule has 3 unspecified atom stereocenters. The number of aryl methyl sites for hydroxylation is 2. The van der Waals surface area contributed by atoms with Gasteiger partial charge in [-0.1, -0.05) is 128 Å². The number of rotatable bonds is 2. The minimum atomic E-state index is 0.0253. The van der Waals surface area contributed by atoms with E-state index in [9.17, 15) is 0 Å². The van der Waals surface area contributed by atoms with E-state index in [1.54, 1.807) is 22.1 Å². The van der Waals surface area contributed by atoms with Crippen LogP contribution in [0.25, 0.3) is 43.4 Å². The minimum Gasteiger partial charge on any atom is -0.0616 e. The molecule has 0 aliphatic heterocycles. The fourth-order valence-electron chi connectivity index (χ4n) is 9.97. The van der Waals surface area contributed by atoms with Crippen LogP contribution in [-0.2, 0) is 10.8 Å². The third kappa shape index (κ3) is 4.06. The molecule has 0 heterocycles. The zero-order chi connectivity index (χ0) is 33.4. The Bertz CT molecular complexity index is 2280. The first kappa shape index (κ1) is 30.4. The van der Waals surface area contributed by atoms with Crippen molar-refractivity contribution in [2.45, 2.75) is 105 Å². The molecule has 4 atom stereocenters. The van der Waals surface area contributed by atoms with Crippen LogP contribution in [0.4, 0.5) is 0 Å². The van der Waals surface area contributed by atoms with Crippen molar-refractivity contribution >= 4 is 32.3 Å². The summed E-state index contributed by atoms with van der Waals surface area (Å²) in [6, 6.07) is 32.8. The summed E-state index contributed by atoms with van der Waals surface area (Å²) in [4.78, 5) is 0. The first-order valence-corrected chi connectivity index (χ1v) is 17.8. The molecule has 0 nitrogen and oxygen atoms in total. The smallest absolute Gasteiger partial charge is 0.00541 e. The van der Waals surface area contributed by atoms with E-state index >= 15 is 0 Å². The topological polar surface area (TPSA) is 0 Å². The van der Waals surface area contributed by atoms with Crippen molar-refractivity contribution in [2.24, 2.45) is 5.41 Å². The van der Waals surface area contributed by atoms with Crippen LogP contribution in [0.3, 0.4) is 0 Å². The molecule has 0 saturated carbocycles. The molecule has 0 amide bonds. The summed E-state index contributed by atoms with van der Waals surface area (Å²) in [5.74, 6) is 1.25. The lowest BCUT2D eigenvalue weighted by Gasteiger charge is -2.63. The normalized spacial score (nSPS) is 22.2. The fraction of sp³-hybridized carbons (Fsp3) is 0.362. The van der Waals surface area contributed by atoms with Crippen molar-refractivity contribution in [3.05, 3.63) is 129 Å². The van der Waals surface area contributed by atoms with Gasteiger partial charge in [0.05, 0.1) is 0 Å². The Morgan fingerprint density at radius 2 is 1.19 bits per heavy atom. The van der Waals surface area contributed by atoms with Gasteiger partial charge in [0.15, 0.2) is 0 Å². The van der Waals surface area contributed by atoms with Crippen molar-refractivity contribution < 1.29 is 0 Å². The van der Waals surface area contributed by atoms with Crippen LogP contribution in [0.2, 0.25) is 0 Å². The average Bonchev–Trinajstić information content (AvgIpc) is 3.00. The molecule has 0 aromatic heterocycles. The molecule has 238 valence electrons. The van der Waals surface area contributed by atoms with Crippen LogP contribution < -0.4 is 0 Å². The Morgan fingerprint density at radius 1 is 0.638 bits per heavy atom. The summed E-state index contributed by atoms with van der Waals surface area (Å²) in [6.45, 7) is 26.9. The third-order valence-corrected chi connectivity index (χ3v) is 12.8. The Morgan fingerprint density at radius 3 is 1.77 bits per heavy atom. The highest BCUT2D eigenvalue weighted by Crippen LogP contribution is 2.72. The number of benzene rings is 6. The predicted octanol–water partition coefficient (Wildman–Crippen LogP) is 13.3. The van der Waals surface area contributed by atoms with Crippen molar-refractivity contribution in [1.82, 2.24) is 0 Å². The molecule has 0 bridgehead atoms. The molecular weight excluding hydrogens is 565 g/mol. The quantitative estimate of drug-likeness (QED) is 0.182. The molecule has 0 radical (unpaired) electrons. The Labute approximate surface area is 282 Å². The van der Waals surface area contributed by atoms with Crippen molar-refractivity contribution in [2.75, 3.05) is 0 Å². The highest BCUT2D eigenvalue weighted by Gasteiger charge is 2.62. The van der Waals surface area contributed by atoms with Crippen LogP contribution in [0.15, 0.2) is 84.9 Å². The Kier molecular flexibility index (Phi) is 6.36. The molecule has 2 aliphatic carbocycles. The number of fused-ring (bicyclic) bond motifs is 2. The van der Waals surface area contributed by atoms with Gasteiger partial charge in [0.25, 0.3) is 0 Å². The summed E-state index contributed by atoms with van der Waals surface area (Å²) in [5, 5.41) is 8.35. The molecule has 0 fully saturated rings. The lowest BCUT2D eigenvalue weighted by molar-refractivity contribution is 0.105. The van der Waals surface area contributed by atoms with E-state index in [-0.39, 0.29) is 16.2 Å². The van der Waals surface area contributed by atoms with Crippen molar-refractivity contribution in [3.8, 4) is 11.1 Å². The predicted molar refractivity (Wildman–Crippen MR) is 204 cm³/mol. The van der Waals surface area contributed by atoms with Crippen LogP contribution >= 0.6 is 0 Å². The molecule has 8 rings (SSSR count). The van der Waals surface area contributed by atoms with Crippen LogP contribution in [0.5, 0.6) is 0 Å². The summed E-state index contributed by atoms with van der Waals surface area (Å²) < 4.78 is 0. The lowest BCUT2D eigenvalue weighted by Crippen LogP contribution is -2.55. The second-order valence-corrected chi connectivity index (χ2v) is 17.3. The van der Waals surface area contributed by atoms with Crippen LogP contribution in [0.1, 0.15) is 118 Å².